The van der Waals surface area contributed by atoms with Gasteiger partial charge >= 0.3 is 6.18 Å². The van der Waals surface area contributed by atoms with Gasteiger partial charge in [-0.1, -0.05) is 0 Å². The molecule has 0 N–H and O–H groups in total. The number of rotatable bonds is 2. The minimum Gasteiger partial charge on any atom is -0.481 e. The molecule has 82 valence electrons. The molecule has 0 aliphatic heterocycles. The summed E-state index contributed by atoms with van der Waals surface area (Å²) < 4.78 is 41.7. The van der Waals surface area contributed by atoms with E-state index in [1.54, 1.807) is 0 Å². The first-order valence-electron chi connectivity index (χ1n) is 3.67. The third-order valence-electron chi connectivity index (χ3n) is 1.58. The second-order valence-corrected chi connectivity index (χ2v) is 3.38. The Morgan fingerprint density at radius 2 is 2.13 bits per heavy atom. The number of halogens is 4. The highest BCUT2D eigenvalue weighted by atomic mass is 79.9. The fraction of sp³-hybridized carbons (Fsp3) is 0.250. The van der Waals surface area contributed by atoms with Crippen molar-refractivity contribution in [2.75, 3.05) is 7.11 Å². The van der Waals surface area contributed by atoms with Gasteiger partial charge in [0.15, 0.2) is 6.29 Å². The van der Waals surface area contributed by atoms with Gasteiger partial charge in [-0.2, -0.15) is 13.2 Å². The Bertz CT molecular complexity index is 392. The molecule has 1 aromatic rings. The summed E-state index contributed by atoms with van der Waals surface area (Å²) in [6, 6.07) is 0.759. The number of methoxy groups -OCH3 is 1. The van der Waals surface area contributed by atoms with E-state index in [1.807, 2.05) is 0 Å². The van der Waals surface area contributed by atoms with Crippen LogP contribution in [0.5, 0.6) is 5.88 Å². The SMILES string of the molecule is COc1nc(C=O)c(Br)cc1C(F)(F)F. The lowest BCUT2D eigenvalue weighted by atomic mass is 10.2. The molecule has 1 rings (SSSR count). The number of pyridine rings is 1. The number of carbonyl (C=O) groups excluding carboxylic acids is 1. The molecule has 0 aliphatic rings. The number of aldehydes is 1. The van der Waals surface area contributed by atoms with E-state index in [0.717, 1.165) is 13.2 Å². The Morgan fingerprint density at radius 3 is 2.53 bits per heavy atom. The van der Waals surface area contributed by atoms with Crippen molar-refractivity contribution in [3.8, 4) is 5.88 Å². The van der Waals surface area contributed by atoms with E-state index in [0.29, 0.717) is 6.29 Å². The van der Waals surface area contributed by atoms with E-state index in [1.165, 1.54) is 0 Å². The topological polar surface area (TPSA) is 39.2 Å². The number of ether oxygens (including phenoxy) is 1. The first-order chi connectivity index (χ1) is 6.90. The van der Waals surface area contributed by atoms with Crippen molar-refractivity contribution in [3.05, 3.63) is 21.8 Å². The van der Waals surface area contributed by atoms with Crippen LogP contribution in [0.4, 0.5) is 13.2 Å². The lowest BCUT2D eigenvalue weighted by Gasteiger charge is -2.11. The van der Waals surface area contributed by atoms with Crippen LogP contribution in [-0.4, -0.2) is 18.4 Å². The van der Waals surface area contributed by atoms with Gasteiger partial charge in [0.2, 0.25) is 5.88 Å². The molecular formula is C8H5BrF3NO2. The Morgan fingerprint density at radius 1 is 1.53 bits per heavy atom. The van der Waals surface area contributed by atoms with Crippen molar-refractivity contribution in [2.45, 2.75) is 6.18 Å². The summed E-state index contributed by atoms with van der Waals surface area (Å²) in [5, 5.41) is 0. The predicted octanol–water partition coefficient (Wildman–Crippen LogP) is 2.68. The van der Waals surface area contributed by atoms with Gasteiger partial charge in [0.05, 0.1) is 7.11 Å². The predicted molar refractivity (Wildman–Crippen MR) is 48.9 cm³/mol. The number of alkyl halides is 3. The molecule has 0 saturated heterocycles. The molecule has 3 nitrogen and oxygen atoms in total. The molecule has 0 aromatic carbocycles. The summed E-state index contributed by atoms with van der Waals surface area (Å²) >= 11 is 2.81. The Kier molecular flexibility index (Phi) is 3.33. The second-order valence-electron chi connectivity index (χ2n) is 2.53. The van der Waals surface area contributed by atoms with Gasteiger partial charge in [0, 0.05) is 4.47 Å². The van der Waals surface area contributed by atoms with Crippen LogP contribution < -0.4 is 4.74 Å². The highest BCUT2D eigenvalue weighted by Gasteiger charge is 2.36. The molecule has 0 aliphatic carbocycles. The van der Waals surface area contributed by atoms with Gasteiger partial charge in [-0.05, 0) is 22.0 Å². The van der Waals surface area contributed by atoms with Crippen LogP contribution in [0.25, 0.3) is 0 Å². The van der Waals surface area contributed by atoms with E-state index in [9.17, 15) is 18.0 Å². The van der Waals surface area contributed by atoms with Crippen molar-refractivity contribution < 1.29 is 22.7 Å². The Hall–Kier alpha value is -1.11. The summed E-state index contributed by atoms with van der Waals surface area (Å²) in [6.07, 6.45) is -4.23. The molecule has 1 heterocycles. The first kappa shape index (κ1) is 12.0. The molecule has 1 aromatic heterocycles. The summed E-state index contributed by atoms with van der Waals surface area (Å²) in [6.45, 7) is 0. The maximum atomic E-state index is 12.4. The molecule has 15 heavy (non-hydrogen) atoms. The van der Waals surface area contributed by atoms with Crippen LogP contribution in [-0.2, 0) is 6.18 Å². The molecule has 0 amide bonds. The van der Waals surface area contributed by atoms with Gasteiger partial charge in [-0.25, -0.2) is 4.98 Å². The number of nitrogens with zero attached hydrogens (tertiary/aromatic N) is 1. The van der Waals surface area contributed by atoms with E-state index >= 15 is 0 Å². The molecule has 0 atom stereocenters. The zero-order chi connectivity index (χ0) is 11.6. The maximum Gasteiger partial charge on any atom is 0.421 e. The van der Waals surface area contributed by atoms with Crippen LogP contribution in [0.15, 0.2) is 10.5 Å². The van der Waals surface area contributed by atoms with Crippen molar-refractivity contribution in [1.29, 1.82) is 0 Å². The number of carbonyl (C=O) groups is 1. The maximum absolute atomic E-state index is 12.4. The quantitative estimate of drug-likeness (QED) is 0.784. The van der Waals surface area contributed by atoms with Crippen LogP contribution in [0.2, 0.25) is 0 Å². The van der Waals surface area contributed by atoms with Gasteiger partial charge < -0.3 is 4.74 Å². The Labute approximate surface area is 91.4 Å². The third kappa shape index (κ3) is 2.47. The lowest BCUT2D eigenvalue weighted by molar-refractivity contribution is -0.139. The number of hydrogen-bond donors (Lipinski definition) is 0. The molecule has 0 saturated carbocycles. The minimum absolute atomic E-state index is 0.0226. The molecule has 0 radical (unpaired) electrons. The molecular weight excluding hydrogens is 279 g/mol. The van der Waals surface area contributed by atoms with Crippen molar-refractivity contribution >= 4 is 22.2 Å². The summed E-state index contributed by atoms with van der Waals surface area (Å²) in [7, 11) is 1.06. The lowest BCUT2D eigenvalue weighted by Crippen LogP contribution is -2.10. The number of aromatic nitrogens is 1. The first-order valence-corrected chi connectivity index (χ1v) is 4.46. The summed E-state index contributed by atoms with van der Waals surface area (Å²) in [4.78, 5) is 13.8. The molecule has 0 fully saturated rings. The van der Waals surface area contributed by atoms with E-state index in [4.69, 9.17) is 0 Å². The van der Waals surface area contributed by atoms with Crippen molar-refractivity contribution in [1.82, 2.24) is 4.98 Å². The van der Waals surface area contributed by atoms with E-state index in [2.05, 4.69) is 25.7 Å². The zero-order valence-corrected chi connectivity index (χ0v) is 9.02. The van der Waals surface area contributed by atoms with Crippen LogP contribution in [0.1, 0.15) is 16.1 Å². The average molecular weight is 284 g/mol. The normalized spacial score (nSPS) is 11.3. The largest absolute Gasteiger partial charge is 0.481 e. The van der Waals surface area contributed by atoms with Gasteiger partial charge in [0.25, 0.3) is 0 Å². The highest BCUT2D eigenvalue weighted by Crippen LogP contribution is 2.37. The van der Waals surface area contributed by atoms with Gasteiger partial charge in [-0.15, -0.1) is 0 Å². The molecule has 0 unspecified atom stereocenters. The van der Waals surface area contributed by atoms with Gasteiger partial charge in [-0.3, -0.25) is 4.79 Å². The monoisotopic (exact) mass is 283 g/mol. The van der Waals surface area contributed by atoms with E-state index in [-0.39, 0.29) is 10.2 Å². The van der Waals surface area contributed by atoms with Crippen molar-refractivity contribution in [2.24, 2.45) is 0 Å². The fourth-order valence-corrected chi connectivity index (χ4v) is 1.34. The standard InChI is InChI=1S/C8H5BrF3NO2/c1-15-7-4(8(10,11)12)2-5(9)6(3-14)13-7/h2-3H,1H3. The van der Waals surface area contributed by atoms with Gasteiger partial charge in [0.1, 0.15) is 11.3 Å². The Balaban J connectivity index is 3.40. The van der Waals surface area contributed by atoms with E-state index < -0.39 is 17.6 Å². The molecule has 0 spiro atoms. The summed E-state index contributed by atoms with van der Waals surface area (Å²) in [5.41, 5.74) is -1.16. The smallest absolute Gasteiger partial charge is 0.421 e. The third-order valence-corrected chi connectivity index (χ3v) is 2.21. The van der Waals surface area contributed by atoms with Crippen LogP contribution in [0, 0.1) is 0 Å². The minimum atomic E-state index is -4.57. The fourth-order valence-electron chi connectivity index (χ4n) is 0.927. The number of hydrogen-bond acceptors (Lipinski definition) is 3. The van der Waals surface area contributed by atoms with Crippen molar-refractivity contribution in [3.63, 3.8) is 0 Å². The van der Waals surface area contributed by atoms with Crippen LogP contribution >= 0.6 is 15.9 Å². The average Bonchev–Trinajstić information content (AvgIpc) is 2.16. The van der Waals surface area contributed by atoms with Crippen LogP contribution in [0.3, 0.4) is 0 Å². The zero-order valence-electron chi connectivity index (χ0n) is 7.43. The second kappa shape index (κ2) is 4.18. The molecule has 0 bridgehead atoms. The molecule has 7 heteroatoms. The highest BCUT2D eigenvalue weighted by molar-refractivity contribution is 9.10. The summed E-state index contributed by atoms with van der Waals surface area (Å²) in [5.74, 6) is -0.618.